The van der Waals surface area contributed by atoms with Crippen LogP contribution in [-0.2, 0) is 5.54 Å². The van der Waals surface area contributed by atoms with Crippen molar-refractivity contribution in [3.8, 4) is 11.5 Å². The molecule has 6 rings (SSSR count). The van der Waals surface area contributed by atoms with Crippen molar-refractivity contribution in [2.75, 3.05) is 23.3 Å². The monoisotopic (exact) mass is 490 g/mol. The predicted octanol–water partition coefficient (Wildman–Crippen LogP) is 6.31. The molecule has 1 atom stereocenters. The molecular formula is C31H30N4O2. The van der Waals surface area contributed by atoms with E-state index in [4.69, 9.17) is 10.6 Å². The van der Waals surface area contributed by atoms with Crippen LogP contribution in [0, 0.1) is 6.92 Å². The maximum atomic E-state index is 13.5. The number of amides is 1. The maximum absolute atomic E-state index is 13.5. The van der Waals surface area contributed by atoms with Crippen LogP contribution in [0.25, 0.3) is 0 Å². The summed E-state index contributed by atoms with van der Waals surface area (Å²) >= 11 is 0. The van der Waals surface area contributed by atoms with Crippen molar-refractivity contribution in [2.24, 2.45) is 5.84 Å². The van der Waals surface area contributed by atoms with Crippen molar-refractivity contribution in [1.82, 2.24) is 5.01 Å². The van der Waals surface area contributed by atoms with Crippen LogP contribution in [-0.4, -0.2) is 24.0 Å². The summed E-state index contributed by atoms with van der Waals surface area (Å²) in [5.41, 5.74) is 6.15. The fourth-order valence-electron chi connectivity index (χ4n) is 5.75. The van der Waals surface area contributed by atoms with Gasteiger partial charge in [0, 0.05) is 58.5 Å². The number of aryl methyl sites for hydroxylation is 1. The van der Waals surface area contributed by atoms with Crippen molar-refractivity contribution in [2.45, 2.75) is 26.3 Å². The van der Waals surface area contributed by atoms with Gasteiger partial charge in [-0.2, -0.15) is 0 Å². The zero-order valence-corrected chi connectivity index (χ0v) is 21.3. The van der Waals surface area contributed by atoms with Crippen molar-refractivity contribution in [3.63, 3.8) is 0 Å². The number of nitrogens with one attached hydrogen (secondary N) is 1. The molecule has 37 heavy (non-hydrogen) atoms. The normalized spacial score (nSPS) is 17.2. The van der Waals surface area contributed by atoms with E-state index < -0.39 is 5.54 Å². The molecule has 1 spiro atoms. The molecule has 0 bridgehead atoms. The number of benzene rings is 4. The molecule has 0 saturated heterocycles. The molecule has 0 fully saturated rings. The van der Waals surface area contributed by atoms with Gasteiger partial charge in [-0.05, 0) is 62.7 Å². The van der Waals surface area contributed by atoms with Crippen molar-refractivity contribution >= 4 is 23.0 Å². The summed E-state index contributed by atoms with van der Waals surface area (Å²) in [6, 6.07) is 28.1. The van der Waals surface area contributed by atoms with Crippen molar-refractivity contribution < 1.29 is 9.53 Å². The molecule has 0 aliphatic carbocycles. The maximum Gasteiger partial charge on any atom is 0.269 e. The lowest BCUT2D eigenvalue weighted by Gasteiger charge is -2.42. The number of anilines is 3. The van der Waals surface area contributed by atoms with Gasteiger partial charge in [-0.15, -0.1) is 0 Å². The highest BCUT2D eigenvalue weighted by molar-refractivity contribution is 6.02. The molecule has 0 saturated carbocycles. The van der Waals surface area contributed by atoms with Gasteiger partial charge < -0.3 is 15.0 Å². The van der Waals surface area contributed by atoms with E-state index >= 15 is 0 Å². The molecule has 2 aliphatic heterocycles. The number of nitrogens with zero attached hydrogens (tertiary/aromatic N) is 2. The Morgan fingerprint density at radius 2 is 1.57 bits per heavy atom. The number of ether oxygens (including phenoxy) is 1. The molecule has 2 aliphatic rings. The average Bonchev–Trinajstić information content (AvgIpc) is 3.14. The smallest absolute Gasteiger partial charge is 0.269 e. The van der Waals surface area contributed by atoms with Crippen LogP contribution in [0.4, 0.5) is 17.1 Å². The Hall–Kier alpha value is -4.29. The highest BCUT2D eigenvalue weighted by atomic mass is 16.5. The predicted molar refractivity (Wildman–Crippen MR) is 148 cm³/mol. The van der Waals surface area contributed by atoms with Crippen molar-refractivity contribution in [3.05, 3.63) is 113 Å². The first-order valence-electron chi connectivity index (χ1n) is 12.7. The van der Waals surface area contributed by atoms with Gasteiger partial charge in [0.05, 0.1) is 0 Å². The molecule has 3 N–H and O–H groups in total. The molecule has 1 amide bonds. The van der Waals surface area contributed by atoms with Crippen LogP contribution in [0.3, 0.4) is 0 Å². The third-order valence-corrected chi connectivity index (χ3v) is 7.60. The summed E-state index contributed by atoms with van der Waals surface area (Å²) < 4.78 is 6.58. The van der Waals surface area contributed by atoms with Crippen LogP contribution in [0.2, 0.25) is 0 Å². The van der Waals surface area contributed by atoms with Gasteiger partial charge >= 0.3 is 0 Å². The number of fused-ring (bicyclic) bond motifs is 6. The first-order valence-corrected chi connectivity index (χ1v) is 12.7. The van der Waals surface area contributed by atoms with E-state index in [9.17, 15) is 4.79 Å². The Bertz CT molecular complexity index is 1510. The number of carbonyl (C=O) groups is 1. The zero-order chi connectivity index (χ0) is 25.7. The van der Waals surface area contributed by atoms with E-state index in [1.165, 1.54) is 5.01 Å². The molecular weight excluding hydrogens is 460 g/mol. The van der Waals surface area contributed by atoms with E-state index in [-0.39, 0.29) is 5.91 Å². The van der Waals surface area contributed by atoms with Gasteiger partial charge in [0.1, 0.15) is 17.0 Å². The molecule has 6 nitrogen and oxygen atoms in total. The number of rotatable bonds is 5. The van der Waals surface area contributed by atoms with Crippen LogP contribution < -0.4 is 20.8 Å². The fraction of sp³-hybridized carbons (Fsp3) is 0.194. The third kappa shape index (κ3) is 3.33. The topological polar surface area (TPSA) is 70.8 Å². The standard InChI is InChI=1S/C31H30N4O2/c1-4-34(5-2)22-15-16-25-29(18-22)37-28-17-20(3)27(33-21-11-7-6-8-12-21)19-26(28)31(25)24-14-10-9-13-23(24)30(36)35(31)32/h6-19,33H,4-5,32H2,1-3H3. The van der Waals surface area contributed by atoms with E-state index in [0.717, 1.165) is 52.4 Å². The highest BCUT2D eigenvalue weighted by Gasteiger charge is 2.55. The van der Waals surface area contributed by atoms with E-state index in [0.29, 0.717) is 17.1 Å². The minimum absolute atomic E-state index is 0.208. The minimum atomic E-state index is -1.01. The molecule has 4 aromatic rings. The summed E-state index contributed by atoms with van der Waals surface area (Å²) in [7, 11) is 0. The summed E-state index contributed by atoms with van der Waals surface area (Å²) in [4.78, 5) is 15.8. The van der Waals surface area contributed by atoms with Crippen LogP contribution in [0.5, 0.6) is 11.5 Å². The second-order valence-corrected chi connectivity index (χ2v) is 9.54. The zero-order valence-electron chi connectivity index (χ0n) is 21.3. The number of carbonyl (C=O) groups excluding carboxylic acids is 1. The Labute approximate surface area is 217 Å². The molecule has 4 aromatic carbocycles. The number of hydrazine groups is 1. The van der Waals surface area contributed by atoms with Crippen LogP contribution in [0.1, 0.15) is 46.5 Å². The number of para-hydroxylation sites is 1. The first-order chi connectivity index (χ1) is 18.0. The molecule has 1 unspecified atom stereocenters. The molecule has 2 heterocycles. The largest absolute Gasteiger partial charge is 0.456 e. The second-order valence-electron chi connectivity index (χ2n) is 9.54. The van der Waals surface area contributed by atoms with E-state index in [1.807, 2.05) is 60.7 Å². The van der Waals surface area contributed by atoms with E-state index in [2.05, 4.69) is 55.3 Å². The quantitative estimate of drug-likeness (QED) is 0.253. The highest BCUT2D eigenvalue weighted by Crippen LogP contribution is 2.57. The van der Waals surface area contributed by atoms with Gasteiger partial charge in [-0.1, -0.05) is 42.5 Å². The summed E-state index contributed by atoms with van der Waals surface area (Å²) in [5, 5.41) is 4.92. The molecule has 0 aromatic heterocycles. The lowest BCUT2D eigenvalue weighted by molar-refractivity contribution is 0.0665. The molecule has 6 heteroatoms. The minimum Gasteiger partial charge on any atom is -0.456 e. The Morgan fingerprint density at radius 1 is 0.865 bits per heavy atom. The lowest BCUT2D eigenvalue weighted by atomic mass is 9.75. The van der Waals surface area contributed by atoms with Gasteiger partial charge in [0.2, 0.25) is 0 Å². The summed E-state index contributed by atoms with van der Waals surface area (Å²) in [6.07, 6.45) is 0. The Kier molecular flexibility index (Phi) is 5.42. The van der Waals surface area contributed by atoms with Gasteiger partial charge in [0.15, 0.2) is 0 Å². The van der Waals surface area contributed by atoms with Crippen molar-refractivity contribution in [1.29, 1.82) is 0 Å². The molecule has 0 radical (unpaired) electrons. The van der Waals surface area contributed by atoms with Gasteiger partial charge in [-0.3, -0.25) is 9.80 Å². The SMILES string of the molecule is CCN(CC)c1ccc2c(c1)Oc1cc(C)c(Nc3ccccc3)cc1C21c2ccccc2C(=O)N1N. The Balaban J connectivity index is 1.62. The van der Waals surface area contributed by atoms with Gasteiger partial charge in [-0.25, -0.2) is 5.84 Å². The van der Waals surface area contributed by atoms with Crippen LogP contribution >= 0.6 is 0 Å². The fourth-order valence-corrected chi connectivity index (χ4v) is 5.75. The first kappa shape index (κ1) is 23.1. The molecule has 186 valence electrons. The Morgan fingerprint density at radius 3 is 2.32 bits per heavy atom. The number of hydrogen-bond donors (Lipinski definition) is 2. The third-order valence-electron chi connectivity index (χ3n) is 7.60. The van der Waals surface area contributed by atoms with Crippen LogP contribution in [0.15, 0.2) is 84.9 Å². The summed E-state index contributed by atoms with van der Waals surface area (Å²) in [6.45, 7) is 8.10. The second kappa shape index (κ2) is 8.68. The average molecular weight is 491 g/mol. The summed E-state index contributed by atoms with van der Waals surface area (Å²) in [5.74, 6) is 7.95. The van der Waals surface area contributed by atoms with Gasteiger partial charge in [0.25, 0.3) is 5.91 Å². The van der Waals surface area contributed by atoms with E-state index in [1.54, 1.807) is 0 Å². The lowest BCUT2D eigenvalue weighted by Crippen LogP contribution is -2.51. The number of nitrogens with two attached hydrogens (primary N) is 1. The number of hydrogen-bond acceptors (Lipinski definition) is 5.